The van der Waals surface area contributed by atoms with Crippen molar-refractivity contribution in [2.24, 2.45) is 11.7 Å². The van der Waals surface area contributed by atoms with Gasteiger partial charge in [0.15, 0.2) is 0 Å². The van der Waals surface area contributed by atoms with E-state index in [1.54, 1.807) is 0 Å². The zero-order chi connectivity index (χ0) is 16.7. The summed E-state index contributed by atoms with van der Waals surface area (Å²) in [6, 6.07) is 8.97. The number of rotatable bonds is 9. The summed E-state index contributed by atoms with van der Waals surface area (Å²) in [6.45, 7) is 0.607. The van der Waals surface area contributed by atoms with Crippen molar-refractivity contribution >= 4 is 28.3 Å². The molecule has 1 aromatic rings. The van der Waals surface area contributed by atoms with Gasteiger partial charge in [0.25, 0.3) is 0 Å². The molecule has 0 saturated heterocycles. The fraction of sp³-hybridized carbons (Fsp3) is 0.562. The highest BCUT2D eigenvalue weighted by Crippen LogP contribution is 2.25. The van der Waals surface area contributed by atoms with Crippen LogP contribution < -0.4 is 15.8 Å². The molecular weight excluding hydrogens is 350 g/mol. The lowest BCUT2D eigenvalue weighted by Gasteiger charge is -2.25. The minimum atomic E-state index is -3.33. The van der Waals surface area contributed by atoms with Crippen molar-refractivity contribution in [3.63, 3.8) is 0 Å². The largest absolute Gasteiger partial charge is 0.355 e. The van der Waals surface area contributed by atoms with Crippen LogP contribution in [0.1, 0.15) is 37.3 Å². The molecule has 1 fully saturated rings. The lowest BCUT2D eigenvalue weighted by atomic mass is 9.86. The Bertz CT molecular complexity index is 606. The molecule has 0 heterocycles. The molecular formula is C16H26ClN3O3S. The quantitative estimate of drug-likeness (QED) is 0.606. The zero-order valence-corrected chi connectivity index (χ0v) is 15.2. The maximum absolute atomic E-state index is 11.8. The number of sulfonamides is 1. The predicted octanol–water partition coefficient (Wildman–Crippen LogP) is 1.33. The third-order valence-electron chi connectivity index (χ3n) is 4.14. The molecule has 2 rings (SSSR count). The summed E-state index contributed by atoms with van der Waals surface area (Å²) in [5.41, 5.74) is 6.85. The minimum absolute atomic E-state index is 0. The number of carbonyl (C=O) groups is 1. The minimum Gasteiger partial charge on any atom is -0.355 e. The Labute approximate surface area is 150 Å². The van der Waals surface area contributed by atoms with Crippen LogP contribution in [0.25, 0.3) is 0 Å². The third-order valence-corrected chi connectivity index (χ3v) is 5.49. The summed E-state index contributed by atoms with van der Waals surface area (Å²) in [5.74, 6) is 0.130. The average Bonchev–Trinajstić information content (AvgIpc) is 2.46. The molecule has 1 amide bonds. The Morgan fingerprint density at radius 3 is 2.50 bits per heavy atom. The van der Waals surface area contributed by atoms with Crippen LogP contribution in [0.5, 0.6) is 0 Å². The molecule has 24 heavy (non-hydrogen) atoms. The molecule has 6 nitrogen and oxygen atoms in total. The number of nitrogens with one attached hydrogen (secondary N) is 2. The van der Waals surface area contributed by atoms with E-state index >= 15 is 0 Å². The van der Waals surface area contributed by atoms with E-state index in [9.17, 15) is 13.2 Å². The van der Waals surface area contributed by atoms with Crippen LogP contribution >= 0.6 is 12.4 Å². The Kier molecular flexibility index (Phi) is 8.69. The van der Waals surface area contributed by atoms with Gasteiger partial charge in [0.2, 0.25) is 15.9 Å². The molecule has 136 valence electrons. The van der Waals surface area contributed by atoms with E-state index in [1.165, 1.54) is 6.42 Å². The molecule has 0 aromatic heterocycles. The highest BCUT2D eigenvalue weighted by Gasteiger charge is 2.20. The van der Waals surface area contributed by atoms with Crippen molar-refractivity contribution in [3.8, 4) is 0 Å². The maximum atomic E-state index is 11.8. The summed E-state index contributed by atoms with van der Waals surface area (Å²) in [4.78, 5) is 11.8. The molecule has 1 unspecified atom stereocenters. The molecule has 8 heteroatoms. The number of hydrogen-bond acceptors (Lipinski definition) is 4. The number of halogens is 1. The molecule has 1 aromatic carbocycles. The molecule has 0 bridgehead atoms. The van der Waals surface area contributed by atoms with Gasteiger partial charge in [-0.1, -0.05) is 36.8 Å². The second-order valence-electron chi connectivity index (χ2n) is 6.04. The van der Waals surface area contributed by atoms with Gasteiger partial charge >= 0.3 is 0 Å². The first-order valence-electron chi connectivity index (χ1n) is 8.01. The van der Waals surface area contributed by atoms with Crippen molar-refractivity contribution in [1.29, 1.82) is 0 Å². The van der Waals surface area contributed by atoms with E-state index < -0.39 is 10.0 Å². The zero-order valence-electron chi connectivity index (χ0n) is 13.6. The van der Waals surface area contributed by atoms with Crippen molar-refractivity contribution in [3.05, 3.63) is 35.9 Å². The van der Waals surface area contributed by atoms with Crippen LogP contribution in [0.2, 0.25) is 0 Å². The Morgan fingerprint density at radius 2 is 1.92 bits per heavy atom. The fourth-order valence-corrected chi connectivity index (χ4v) is 3.43. The van der Waals surface area contributed by atoms with Gasteiger partial charge in [0.05, 0.1) is 5.75 Å². The number of amides is 1. The smallest absolute Gasteiger partial charge is 0.221 e. The second kappa shape index (κ2) is 9.98. The number of nitrogens with two attached hydrogens (primary N) is 1. The highest BCUT2D eigenvalue weighted by atomic mass is 35.5. The molecule has 1 aliphatic rings. The SMILES string of the molecule is Cl.NC(CC(=O)NCCS(=O)(=O)NCC1CCC1)c1ccccc1. The molecule has 1 saturated carbocycles. The van der Waals surface area contributed by atoms with E-state index in [4.69, 9.17) is 5.73 Å². The van der Waals surface area contributed by atoms with Gasteiger partial charge in [-0.3, -0.25) is 4.79 Å². The van der Waals surface area contributed by atoms with Crippen molar-refractivity contribution in [2.75, 3.05) is 18.8 Å². The summed E-state index contributed by atoms with van der Waals surface area (Å²) in [5, 5.41) is 2.62. The van der Waals surface area contributed by atoms with Crippen LogP contribution in [0, 0.1) is 5.92 Å². The van der Waals surface area contributed by atoms with Crippen LogP contribution in [0.4, 0.5) is 0 Å². The van der Waals surface area contributed by atoms with Gasteiger partial charge in [-0.15, -0.1) is 12.4 Å². The standard InChI is InChI=1S/C16H25N3O3S.ClH/c17-15(14-7-2-1-3-8-14)11-16(20)18-9-10-23(21,22)19-12-13-5-4-6-13;/h1-3,7-8,13,15,19H,4-6,9-12,17H2,(H,18,20);1H. The Morgan fingerprint density at radius 1 is 1.25 bits per heavy atom. The summed E-state index contributed by atoms with van der Waals surface area (Å²) in [7, 11) is -3.33. The predicted molar refractivity (Wildman–Crippen MR) is 97.4 cm³/mol. The third kappa shape index (κ3) is 7.17. The topological polar surface area (TPSA) is 101 Å². The van der Waals surface area contributed by atoms with Crippen molar-refractivity contribution < 1.29 is 13.2 Å². The van der Waals surface area contributed by atoms with E-state index in [0.717, 1.165) is 18.4 Å². The number of hydrogen-bond donors (Lipinski definition) is 3. The lowest BCUT2D eigenvalue weighted by Crippen LogP contribution is -2.38. The summed E-state index contributed by atoms with van der Waals surface area (Å²) >= 11 is 0. The lowest BCUT2D eigenvalue weighted by molar-refractivity contribution is -0.121. The van der Waals surface area contributed by atoms with Crippen LogP contribution in [-0.2, 0) is 14.8 Å². The molecule has 0 aliphatic heterocycles. The highest BCUT2D eigenvalue weighted by molar-refractivity contribution is 7.89. The van der Waals surface area contributed by atoms with E-state index in [1.807, 2.05) is 30.3 Å². The Hall–Kier alpha value is -1.15. The van der Waals surface area contributed by atoms with E-state index in [2.05, 4.69) is 10.0 Å². The van der Waals surface area contributed by atoms with Crippen LogP contribution in [0.3, 0.4) is 0 Å². The van der Waals surface area contributed by atoms with Gasteiger partial charge in [0, 0.05) is 25.6 Å². The van der Waals surface area contributed by atoms with Crippen LogP contribution in [0.15, 0.2) is 30.3 Å². The van der Waals surface area contributed by atoms with Crippen LogP contribution in [-0.4, -0.2) is 33.2 Å². The van der Waals surface area contributed by atoms with Gasteiger partial charge < -0.3 is 11.1 Å². The summed E-state index contributed by atoms with van der Waals surface area (Å²) in [6.07, 6.45) is 3.51. The first-order valence-corrected chi connectivity index (χ1v) is 9.66. The molecule has 0 spiro atoms. The average molecular weight is 376 g/mol. The van der Waals surface area contributed by atoms with Gasteiger partial charge in [-0.2, -0.15) is 0 Å². The van der Waals surface area contributed by atoms with Gasteiger partial charge in [0.1, 0.15) is 0 Å². The molecule has 0 radical (unpaired) electrons. The molecule has 1 aliphatic carbocycles. The maximum Gasteiger partial charge on any atom is 0.221 e. The molecule has 1 atom stereocenters. The fourth-order valence-electron chi connectivity index (χ4n) is 2.43. The van der Waals surface area contributed by atoms with E-state index in [0.29, 0.717) is 12.5 Å². The first-order chi connectivity index (χ1) is 11.0. The summed E-state index contributed by atoms with van der Waals surface area (Å²) < 4.78 is 26.2. The van der Waals surface area contributed by atoms with Gasteiger partial charge in [-0.05, 0) is 24.3 Å². The monoisotopic (exact) mass is 375 g/mol. The Balaban J connectivity index is 0.00000288. The normalized spacial score (nSPS) is 15.9. The number of benzene rings is 1. The van der Waals surface area contributed by atoms with Crippen molar-refractivity contribution in [1.82, 2.24) is 10.0 Å². The second-order valence-corrected chi connectivity index (χ2v) is 7.96. The molecule has 4 N–H and O–H groups in total. The van der Waals surface area contributed by atoms with Crippen molar-refractivity contribution in [2.45, 2.75) is 31.7 Å². The first kappa shape index (κ1) is 20.9. The van der Waals surface area contributed by atoms with E-state index in [-0.39, 0.29) is 43.1 Å². The number of carbonyl (C=O) groups excluding carboxylic acids is 1. The van der Waals surface area contributed by atoms with Gasteiger partial charge in [-0.25, -0.2) is 13.1 Å².